The third-order valence-corrected chi connectivity index (χ3v) is 4.45. The maximum Gasteiger partial charge on any atom is 0.291 e. The molecule has 1 aromatic heterocycles. The second-order valence-corrected chi connectivity index (χ2v) is 6.43. The maximum atomic E-state index is 12.5. The number of benzene rings is 2. The summed E-state index contributed by atoms with van der Waals surface area (Å²) in [6.45, 7) is -0.0263. The minimum absolute atomic E-state index is 0.0263. The zero-order valence-corrected chi connectivity index (χ0v) is 14.9. The van der Waals surface area contributed by atoms with E-state index in [0.717, 1.165) is 6.07 Å². The van der Waals surface area contributed by atoms with Gasteiger partial charge in [0.15, 0.2) is 17.8 Å². The lowest BCUT2D eigenvalue weighted by Gasteiger charge is -2.26. The SMILES string of the molecule is CN1C(=O)COc2ccc(NC(=O)c3cc(=O)c4cc(Cl)ccc4o3)cc21. The molecule has 0 atom stereocenters. The average Bonchev–Trinajstić information content (AvgIpc) is 2.65. The maximum absolute atomic E-state index is 12.5. The normalized spacial score (nSPS) is 13.3. The van der Waals surface area contributed by atoms with E-state index >= 15 is 0 Å². The molecule has 0 spiro atoms. The molecule has 0 fully saturated rings. The Morgan fingerprint density at radius 2 is 1.96 bits per heavy atom. The van der Waals surface area contributed by atoms with Gasteiger partial charge in [0, 0.05) is 23.8 Å². The van der Waals surface area contributed by atoms with Crippen molar-refractivity contribution >= 4 is 45.8 Å². The molecule has 0 saturated heterocycles. The molecule has 1 aliphatic heterocycles. The van der Waals surface area contributed by atoms with Gasteiger partial charge in [-0.1, -0.05) is 11.6 Å². The smallest absolute Gasteiger partial charge is 0.291 e. The summed E-state index contributed by atoms with van der Waals surface area (Å²) in [7, 11) is 1.63. The highest BCUT2D eigenvalue weighted by atomic mass is 35.5. The van der Waals surface area contributed by atoms with Gasteiger partial charge < -0.3 is 19.4 Å². The molecule has 27 heavy (non-hydrogen) atoms. The van der Waals surface area contributed by atoms with E-state index in [4.69, 9.17) is 20.8 Å². The number of carbonyl (C=O) groups excluding carboxylic acids is 2. The Kier molecular flexibility index (Phi) is 4.08. The molecule has 1 N–H and O–H groups in total. The molecule has 0 unspecified atom stereocenters. The van der Waals surface area contributed by atoms with Gasteiger partial charge in [-0.05, 0) is 36.4 Å². The number of fused-ring (bicyclic) bond motifs is 2. The number of halogens is 1. The number of nitrogens with zero attached hydrogens (tertiary/aromatic N) is 1. The number of carbonyl (C=O) groups is 2. The lowest BCUT2D eigenvalue weighted by molar-refractivity contribution is -0.120. The van der Waals surface area contributed by atoms with Crippen LogP contribution in [-0.4, -0.2) is 25.5 Å². The standard InChI is InChI=1S/C19H13ClN2O5/c1-22-13-7-11(3-5-16(13)26-9-18(22)24)21-19(25)17-8-14(23)12-6-10(20)2-4-15(12)27-17/h2-8H,9H2,1H3,(H,21,25). The first-order chi connectivity index (χ1) is 12.9. The van der Waals surface area contributed by atoms with Crippen molar-refractivity contribution in [2.45, 2.75) is 0 Å². The largest absolute Gasteiger partial charge is 0.482 e. The van der Waals surface area contributed by atoms with E-state index in [1.54, 1.807) is 31.3 Å². The van der Waals surface area contributed by atoms with Crippen LogP contribution in [0.15, 0.2) is 51.7 Å². The Balaban J connectivity index is 1.65. The van der Waals surface area contributed by atoms with Crippen molar-refractivity contribution in [1.29, 1.82) is 0 Å². The van der Waals surface area contributed by atoms with Crippen LogP contribution in [0.2, 0.25) is 5.02 Å². The second kappa shape index (κ2) is 6.44. The molecular weight excluding hydrogens is 372 g/mol. The van der Waals surface area contributed by atoms with E-state index in [-0.39, 0.29) is 29.3 Å². The van der Waals surface area contributed by atoms with Crippen molar-refractivity contribution in [2.24, 2.45) is 0 Å². The van der Waals surface area contributed by atoms with E-state index < -0.39 is 5.91 Å². The zero-order chi connectivity index (χ0) is 19.1. The fraction of sp³-hybridized carbons (Fsp3) is 0.105. The summed E-state index contributed by atoms with van der Waals surface area (Å²) >= 11 is 5.88. The lowest BCUT2D eigenvalue weighted by atomic mass is 10.2. The Morgan fingerprint density at radius 1 is 1.15 bits per heavy atom. The van der Waals surface area contributed by atoms with Crippen LogP contribution in [-0.2, 0) is 4.79 Å². The summed E-state index contributed by atoms with van der Waals surface area (Å²) in [5, 5.41) is 3.36. The predicted octanol–water partition coefficient (Wildman–Crippen LogP) is 3.05. The van der Waals surface area contributed by atoms with E-state index in [1.807, 2.05) is 0 Å². The van der Waals surface area contributed by atoms with Crippen molar-refractivity contribution < 1.29 is 18.7 Å². The molecule has 0 bridgehead atoms. The van der Waals surface area contributed by atoms with E-state index in [1.165, 1.54) is 17.0 Å². The lowest BCUT2D eigenvalue weighted by Crippen LogP contribution is -2.35. The van der Waals surface area contributed by atoms with Crippen LogP contribution in [0.5, 0.6) is 5.75 Å². The van der Waals surface area contributed by atoms with Gasteiger partial charge in [-0.2, -0.15) is 0 Å². The molecule has 1 aliphatic rings. The summed E-state index contributed by atoms with van der Waals surface area (Å²) in [6.07, 6.45) is 0. The number of likely N-dealkylation sites (N-methyl/N-ethyl adjacent to an activating group) is 1. The number of rotatable bonds is 2. The van der Waals surface area contributed by atoms with Gasteiger partial charge in [0.2, 0.25) is 0 Å². The summed E-state index contributed by atoms with van der Waals surface area (Å²) in [6, 6.07) is 10.6. The van der Waals surface area contributed by atoms with Crippen LogP contribution < -0.4 is 20.4 Å². The van der Waals surface area contributed by atoms with Gasteiger partial charge in [-0.15, -0.1) is 0 Å². The number of ether oxygens (including phenoxy) is 1. The van der Waals surface area contributed by atoms with Crippen LogP contribution in [0.25, 0.3) is 11.0 Å². The van der Waals surface area contributed by atoms with Crippen molar-refractivity contribution in [3.8, 4) is 5.75 Å². The Morgan fingerprint density at radius 3 is 2.78 bits per heavy atom. The third kappa shape index (κ3) is 3.13. The highest BCUT2D eigenvalue weighted by molar-refractivity contribution is 6.31. The van der Waals surface area contributed by atoms with Gasteiger partial charge >= 0.3 is 0 Å². The monoisotopic (exact) mass is 384 g/mol. The molecule has 7 nitrogen and oxygen atoms in total. The first-order valence-corrected chi connectivity index (χ1v) is 8.38. The van der Waals surface area contributed by atoms with Gasteiger partial charge in [0.1, 0.15) is 11.3 Å². The summed E-state index contributed by atoms with van der Waals surface area (Å²) in [5.41, 5.74) is 0.871. The first-order valence-electron chi connectivity index (χ1n) is 8.00. The molecule has 2 amide bonds. The van der Waals surface area contributed by atoms with Gasteiger partial charge in [0.05, 0.1) is 11.1 Å². The minimum Gasteiger partial charge on any atom is -0.482 e. The highest BCUT2D eigenvalue weighted by Gasteiger charge is 2.23. The molecule has 0 saturated carbocycles. The molecule has 8 heteroatoms. The van der Waals surface area contributed by atoms with Crippen LogP contribution in [0, 0.1) is 0 Å². The molecule has 0 radical (unpaired) electrons. The Labute approximate surface area is 158 Å². The van der Waals surface area contributed by atoms with Gasteiger partial charge in [0.25, 0.3) is 11.8 Å². The van der Waals surface area contributed by atoms with Crippen molar-refractivity contribution in [3.05, 3.63) is 63.5 Å². The number of hydrogen-bond acceptors (Lipinski definition) is 5. The molecule has 2 heterocycles. The number of amides is 2. The van der Waals surface area contributed by atoms with Gasteiger partial charge in [-0.25, -0.2) is 0 Å². The minimum atomic E-state index is -0.588. The Bertz CT molecular complexity index is 1150. The van der Waals surface area contributed by atoms with Crippen LogP contribution in [0.1, 0.15) is 10.6 Å². The highest BCUT2D eigenvalue weighted by Crippen LogP contribution is 2.33. The van der Waals surface area contributed by atoms with Crippen molar-refractivity contribution in [1.82, 2.24) is 0 Å². The molecule has 4 rings (SSSR count). The van der Waals surface area contributed by atoms with Crippen molar-refractivity contribution in [3.63, 3.8) is 0 Å². The fourth-order valence-electron chi connectivity index (χ4n) is 2.78. The molecule has 3 aromatic rings. The number of nitrogens with one attached hydrogen (secondary N) is 1. The summed E-state index contributed by atoms with van der Waals surface area (Å²) in [5.74, 6) is -0.364. The number of hydrogen-bond donors (Lipinski definition) is 1. The van der Waals surface area contributed by atoms with E-state index in [0.29, 0.717) is 27.5 Å². The topological polar surface area (TPSA) is 88.9 Å². The zero-order valence-electron chi connectivity index (χ0n) is 14.1. The average molecular weight is 385 g/mol. The second-order valence-electron chi connectivity index (χ2n) is 5.99. The first kappa shape index (κ1) is 17.1. The summed E-state index contributed by atoms with van der Waals surface area (Å²) in [4.78, 5) is 37.9. The van der Waals surface area contributed by atoms with Crippen LogP contribution >= 0.6 is 11.6 Å². The summed E-state index contributed by atoms with van der Waals surface area (Å²) < 4.78 is 10.9. The molecular formula is C19H13ClN2O5. The predicted molar refractivity (Wildman–Crippen MR) is 101 cm³/mol. The molecule has 136 valence electrons. The van der Waals surface area contributed by atoms with Crippen LogP contribution in [0.3, 0.4) is 0 Å². The van der Waals surface area contributed by atoms with E-state index in [2.05, 4.69) is 5.32 Å². The quantitative estimate of drug-likeness (QED) is 0.733. The molecule has 2 aromatic carbocycles. The third-order valence-electron chi connectivity index (χ3n) is 4.22. The fourth-order valence-corrected chi connectivity index (χ4v) is 2.96. The molecule has 0 aliphatic carbocycles. The van der Waals surface area contributed by atoms with Crippen LogP contribution in [0.4, 0.5) is 11.4 Å². The number of anilines is 2. The van der Waals surface area contributed by atoms with Crippen molar-refractivity contribution in [2.75, 3.05) is 23.9 Å². The van der Waals surface area contributed by atoms with Gasteiger partial charge in [-0.3, -0.25) is 14.4 Å². The van der Waals surface area contributed by atoms with E-state index in [9.17, 15) is 14.4 Å². The Hall–Kier alpha value is -3.32.